The highest BCUT2D eigenvalue weighted by Gasteiger charge is 2.30. The number of hydrogen-bond acceptors (Lipinski definition) is 6. The van der Waals surface area contributed by atoms with Gasteiger partial charge in [-0.3, -0.25) is 4.79 Å². The first-order valence-electron chi connectivity index (χ1n) is 9.52. The van der Waals surface area contributed by atoms with E-state index in [2.05, 4.69) is 41.5 Å². The third-order valence-corrected chi connectivity index (χ3v) is 5.39. The lowest BCUT2D eigenvalue weighted by molar-refractivity contribution is -0.117. The van der Waals surface area contributed by atoms with Crippen molar-refractivity contribution in [2.75, 3.05) is 17.2 Å². The Morgan fingerprint density at radius 2 is 2.07 bits per heavy atom. The Morgan fingerprint density at radius 3 is 2.86 bits per heavy atom. The van der Waals surface area contributed by atoms with Gasteiger partial charge in [-0.05, 0) is 44.0 Å². The van der Waals surface area contributed by atoms with Gasteiger partial charge in [0.05, 0.1) is 5.56 Å². The summed E-state index contributed by atoms with van der Waals surface area (Å²) in [6.45, 7) is 2.75. The van der Waals surface area contributed by atoms with Crippen molar-refractivity contribution in [3.63, 3.8) is 0 Å². The van der Waals surface area contributed by atoms with Crippen LogP contribution in [0.1, 0.15) is 19.8 Å². The highest BCUT2D eigenvalue weighted by Crippen LogP contribution is 2.35. The average Bonchev–Trinajstić information content (AvgIpc) is 3.48. The molecule has 8 heteroatoms. The molecule has 0 saturated heterocycles. The fraction of sp³-hybridized carbons (Fsp3) is 0.238. The van der Waals surface area contributed by atoms with Crippen LogP contribution in [0.25, 0.3) is 33.3 Å². The molecule has 3 aromatic heterocycles. The average molecular weight is 452 g/mol. The Kier molecular flexibility index (Phi) is 4.43. The number of fused-ring (bicyclic) bond motifs is 2. The molecule has 3 heterocycles. The second kappa shape index (κ2) is 7.11. The van der Waals surface area contributed by atoms with Crippen molar-refractivity contribution in [2.24, 2.45) is 5.92 Å². The van der Waals surface area contributed by atoms with Crippen LogP contribution in [0.2, 0.25) is 0 Å². The summed E-state index contributed by atoms with van der Waals surface area (Å²) in [6, 6.07) is 7.56. The van der Waals surface area contributed by atoms with Crippen molar-refractivity contribution in [1.29, 1.82) is 0 Å². The van der Waals surface area contributed by atoms with E-state index in [0.29, 0.717) is 17.3 Å². The van der Waals surface area contributed by atoms with Gasteiger partial charge in [0.1, 0.15) is 17.2 Å². The van der Waals surface area contributed by atoms with E-state index in [-0.39, 0.29) is 11.8 Å². The molecule has 29 heavy (non-hydrogen) atoms. The SMILES string of the molecule is CCNc1ncc(-c2nc3cc(Br)ccc3o2)c2cc(NC(=O)C3CC3)ncc12. The van der Waals surface area contributed by atoms with Crippen molar-refractivity contribution in [1.82, 2.24) is 15.0 Å². The van der Waals surface area contributed by atoms with Crippen LogP contribution in [0.3, 0.4) is 0 Å². The van der Waals surface area contributed by atoms with E-state index in [4.69, 9.17) is 4.42 Å². The molecule has 1 fully saturated rings. The molecule has 4 aromatic rings. The van der Waals surface area contributed by atoms with Gasteiger partial charge in [-0.15, -0.1) is 0 Å². The number of pyridine rings is 2. The lowest BCUT2D eigenvalue weighted by atomic mass is 10.1. The number of carbonyl (C=O) groups is 1. The van der Waals surface area contributed by atoms with Crippen molar-refractivity contribution < 1.29 is 9.21 Å². The van der Waals surface area contributed by atoms with Crippen molar-refractivity contribution in [2.45, 2.75) is 19.8 Å². The summed E-state index contributed by atoms with van der Waals surface area (Å²) < 4.78 is 6.92. The van der Waals surface area contributed by atoms with E-state index in [9.17, 15) is 4.79 Å². The second-order valence-electron chi connectivity index (χ2n) is 7.06. The Bertz CT molecular complexity index is 1250. The van der Waals surface area contributed by atoms with E-state index in [1.807, 2.05) is 31.2 Å². The fourth-order valence-corrected chi connectivity index (χ4v) is 3.62. The Morgan fingerprint density at radius 1 is 1.21 bits per heavy atom. The van der Waals surface area contributed by atoms with E-state index in [1.165, 1.54) is 0 Å². The number of nitrogens with one attached hydrogen (secondary N) is 2. The molecule has 1 aliphatic rings. The van der Waals surface area contributed by atoms with E-state index >= 15 is 0 Å². The van der Waals surface area contributed by atoms with Crippen LogP contribution in [0.4, 0.5) is 11.6 Å². The topological polar surface area (TPSA) is 92.9 Å². The highest BCUT2D eigenvalue weighted by atomic mass is 79.9. The van der Waals surface area contributed by atoms with Gasteiger partial charge < -0.3 is 15.1 Å². The first kappa shape index (κ1) is 18.1. The molecular weight excluding hydrogens is 434 g/mol. The molecule has 2 N–H and O–H groups in total. The molecule has 0 aliphatic heterocycles. The first-order valence-corrected chi connectivity index (χ1v) is 10.3. The van der Waals surface area contributed by atoms with Gasteiger partial charge in [0.25, 0.3) is 0 Å². The first-order chi connectivity index (χ1) is 14.1. The Hall–Kier alpha value is -3.00. The molecule has 1 aliphatic carbocycles. The van der Waals surface area contributed by atoms with Gasteiger partial charge in [0, 0.05) is 40.1 Å². The van der Waals surface area contributed by atoms with Gasteiger partial charge in [0.15, 0.2) is 5.58 Å². The molecular formula is C21H18BrN5O2. The lowest BCUT2D eigenvalue weighted by Crippen LogP contribution is -2.14. The lowest BCUT2D eigenvalue weighted by Gasteiger charge is -2.11. The minimum atomic E-state index is 0.0195. The van der Waals surface area contributed by atoms with Crippen LogP contribution in [-0.2, 0) is 4.79 Å². The quantitative estimate of drug-likeness (QED) is 0.444. The van der Waals surface area contributed by atoms with Crippen LogP contribution in [0.15, 0.2) is 45.5 Å². The third-order valence-electron chi connectivity index (χ3n) is 4.90. The number of benzene rings is 1. The van der Waals surface area contributed by atoms with E-state index in [0.717, 1.165) is 51.5 Å². The van der Waals surface area contributed by atoms with Crippen molar-refractivity contribution >= 4 is 55.3 Å². The van der Waals surface area contributed by atoms with Gasteiger partial charge >= 0.3 is 0 Å². The minimum absolute atomic E-state index is 0.0195. The van der Waals surface area contributed by atoms with Crippen molar-refractivity contribution in [3.05, 3.63) is 41.1 Å². The van der Waals surface area contributed by atoms with Crippen LogP contribution in [0.5, 0.6) is 0 Å². The summed E-state index contributed by atoms with van der Waals surface area (Å²) in [7, 11) is 0. The zero-order valence-electron chi connectivity index (χ0n) is 15.7. The number of oxazole rings is 1. The number of amides is 1. The Balaban J connectivity index is 1.65. The maximum atomic E-state index is 12.2. The van der Waals surface area contributed by atoms with Crippen molar-refractivity contribution in [3.8, 4) is 11.5 Å². The number of halogens is 1. The maximum Gasteiger partial charge on any atom is 0.229 e. The summed E-state index contributed by atoms with van der Waals surface area (Å²) in [5.74, 6) is 1.86. The molecule has 0 unspecified atom stereocenters. The molecule has 146 valence electrons. The Labute approximate surface area is 175 Å². The summed E-state index contributed by atoms with van der Waals surface area (Å²) in [5, 5.41) is 7.88. The van der Waals surface area contributed by atoms with E-state index in [1.54, 1.807) is 12.4 Å². The molecule has 1 amide bonds. The predicted molar refractivity (Wildman–Crippen MR) is 116 cm³/mol. The summed E-state index contributed by atoms with van der Waals surface area (Å²) in [5.41, 5.74) is 2.20. The number of anilines is 2. The molecule has 5 rings (SSSR count). The molecule has 0 bridgehead atoms. The summed E-state index contributed by atoms with van der Waals surface area (Å²) in [4.78, 5) is 25.8. The predicted octanol–water partition coefficient (Wildman–Crippen LogP) is 4.98. The normalized spacial score (nSPS) is 13.7. The largest absolute Gasteiger partial charge is 0.436 e. The van der Waals surface area contributed by atoms with Crippen LogP contribution in [-0.4, -0.2) is 27.4 Å². The monoisotopic (exact) mass is 451 g/mol. The molecule has 1 aromatic carbocycles. The van der Waals surface area contributed by atoms with Crippen LogP contribution >= 0.6 is 15.9 Å². The number of rotatable bonds is 5. The number of aromatic nitrogens is 3. The van der Waals surface area contributed by atoms with Gasteiger partial charge in [-0.25, -0.2) is 15.0 Å². The standard InChI is InChI=1S/C21H18BrN5O2/c1-2-23-19-14-9-24-18(27-20(28)11-3-4-11)8-13(14)15(10-25-19)21-26-16-7-12(22)5-6-17(16)29-21/h5-11H,2-4H2,1H3,(H,23,25)(H,24,27,28). The van der Waals surface area contributed by atoms with E-state index < -0.39 is 0 Å². The third kappa shape index (κ3) is 3.44. The zero-order valence-corrected chi connectivity index (χ0v) is 17.3. The molecule has 0 atom stereocenters. The second-order valence-corrected chi connectivity index (χ2v) is 7.98. The van der Waals surface area contributed by atoms with Gasteiger partial charge in [-0.2, -0.15) is 0 Å². The number of carbonyl (C=O) groups excluding carboxylic acids is 1. The maximum absolute atomic E-state index is 12.2. The smallest absolute Gasteiger partial charge is 0.229 e. The van der Waals surface area contributed by atoms with Gasteiger partial charge in [0.2, 0.25) is 11.8 Å². The minimum Gasteiger partial charge on any atom is -0.436 e. The molecule has 7 nitrogen and oxygen atoms in total. The molecule has 1 saturated carbocycles. The van der Waals surface area contributed by atoms with Crippen LogP contribution < -0.4 is 10.6 Å². The fourth-order valence-electron chi connectivity index (χ4n) is 3.27. The summed E-state index contributed by atoms with van der Waals surface area (Å²) >= 11 is 3.46. The molecule has 0 radical (unpaired) electrons. The van der Waals surface area contributed by atoms with Gasteiger partial charge in [-0.1, -0.05) is 15.9 Å². The highest BCUT2D eigenvalue weighted by molar-refractivity contribution is 9.10. The zero-order chi connectivity index (χ0) is 20.0. The number of nitrogens with zero attached hydrogens (tertiary/aromatic N) is 3. The van der Waals surface area contributed by atoms with Crippen LogP contribution in [0, 0.1) is 5.92 Å². The molecule has 0 spiro atoms. The summed E-state index contributed by atoms with van der Waals surface area (Å²) in [6.07, 6.45) is 5.35. The number of hydrogen-bond donors (Lipinski definition) is 2.